The predicted octanol–water partition coefficient (Wildman–Crippen LogP) is 1.88. The number of carbonyl (C=O) groups excluding carboxylic acids is 2. The van der Waals surface area contributed by atoms with Gasteiger partial charge < -0.3 is 16.0 Å². The third-order valence-electron chi connectivity index (χ3n) is 3.98. The van der Waals surface area contributed by atoms with Crippen LogP contribution in [-0.2, 0) is 4.79 Å². The number of amides is 1. The van der Waals surface area contributed by atoms with Crippen LogP contribution in [0, 0.1) is 11.8 Å². The summed E-state index contributed by atoms with van der Waals surface area (Å²) in [6, 6.07) is 2.02. The van der Waals surface area contributed by atoms with E-state index in [0.29, 0.717) is 10.5 Å². The third kappa shape index (κ3) is 5.19. The molecule has 0 unspecified atom stereocenters. The molecule has 1 aliphatic rings. The summed E-state index contributed by atoms with van der Waals surface area (Å²) < 4.78 is 0. The van der Waals surface area contributed by atoms with Gasteiger partial charge in [0.05, 0.1) is 27.1 Å². The highest BCUT2D eigenvalue weighted by atomic mass is 32.1. The van der Waals surface area contributed by atoms with Crippen LogP contribution < -0.4 is 11.1 Å². The van der Waals surface area contributed by atoms with E-state index >= 15 is 0 Å². The maximum Gasteiger partial charge on any atom is 0.219 e. The second-order valence-corrected chi connectivity index (χ2v) is 6.73. The highest BCUT2D eigenvalue weighted by Crippen LogP contribution is 2.24. The van der Waals surface area contributed by atoms with Crippen molar-refractivity contribution in [2.75, 3.05) is 25.5 Å². The molecule has 0 saturated carbocycles. The highest BCUT2D eigenvalue weighted by Gasteiger charge is 2.19. The van der Waals surface area contributed by atoms with E-state index in [4.69, 9.17) is 5.73 Å². The molecular formula is C18H22N4O2S. The van der Waals surface area contributed by atoms with Gasteiger partial charge >= 0.3 is 0 Å². The summed E-state index contributed by atoms with van der Waals surface area (Å²) >= 11 is 1.33. The number of nitrogens with zero attached hydrogens (tertiary/aromatic N) is 2. The lowest BCUT2D eigenvalue weighted by atomic mass is 10.1. The number of nitrogens with one attached hydrogen (secondary N) is 1. The summed E-state index contributed by atoms with van der Waals surface area (Å²) in [6.45, 7) is 3.07. The summed E-state index contributed by atoms with van der Waals surface area (Å²) in [7, 11) is 1.77. The molecule has 1 aliphatic heterocycles. The maximum atomic E-state index is 11.3. The summed E-state index contributed by atoms with van der Waals surface area (Å²) in [5, 5.41) is 2.97. The minimum Gasteiger partial charge on any atom is -0.404 e. The van der Waals surface area contributed by atoms with Crippen molar-refractivity contribution < 1.29 is 9.59 Å². The SMILES string of the molecule is CNc1cc(C#CC(C=NC2CCN(C(C)=O)CC2)=CN)sc1C=O. The van der Waals surface area contributed by atoms with Crippen LogP contribution in [0.2, 0.25) is 0 Å². The average molecular weight is 358 g/mol. The second kappa shape index (κ2) is 9.04. The molecule has 0 bridgehead atoms. The molecule has 0 spiro atoms. The number of aldehydes is 1. The van der Waals surface area contributed by atoms with Crippen LogP contribution in [-0.4, -0.2) is 49.5 Å². The van der Waals surface area contributed by atoms with Crippen molar-refractivity contribution in [2.24, 2.45) is 10.7 Å². The van der Waals surface area contributed by atoms with Gasteiger partial charge in [0.25, 0.3) is 0 Å². The zero-order valence-corrected chi connectivity index (χ0v) is 15.2. The van der Waals surface area contributed by atoms with E-state index in [1.807, 2.05) is 11.0 Å². The van der Waals surface area contributed by atoms with E-state index < -0.39 is 0 Å². The molecule has 1 saturated heterocycles. The Morgan fingerprint density at radius 1 is 1.48 bits per heavy atom. The summed E-state index contributed by atoms with van der Waals surface area (Å²) in [5.41, 5.74) is 7.03. The molecule has 1 aromatic rings. The van der Waals surface area contributed by atoms with E-state index in [0.717, 1.165) is 42.8 Å². The van der Waals surface area contributed by atoms with Gasteiger partial charge in [-0.05, 0) is 18.9 Å². The first-order valence-corrected chi connectivity index (χ1v) is 8.88. The summed E-state index contributed by atoms with van der Waals surface area (Å²) in [6.07, 6.45) is 5.62. The van der Waals surface area contributed by atoms with Crippen molar-refractivity contribution >= 4 is 35.4 Å². The van der Waals surface area contributed by atoms with Crippen LogP contribution in [0.4, 0.5) is 5.69 Å². The standard InChI is InChI=1S/C18H22N4O2S/c1-13(24)22-7-5-15(6-8-22)21-11-14(10-19)3-4-16-9-17(20-2)18(12-23)25-16/h9-12,15,20H,5-8,19H2,1-2H3. The molecule has 0 atom stereocenters. The lowest BCUT2D eigenvalue weighted by Gasteiger charge is -2.29. The lowest BCUT2D eigenvalue weighted by molar-refractivity contribution is -0.129. The Labute approximate surface area is 151 Å². The number of carbonyl (C=O) groups is 2. The molecule has 7 heteroatoms. The van der Waals surface area contributed by atoms with Gasteiger partial charge in [0.1, 0.15) is 0 Å². The molecule has 1 amide bonds. The summed E-state index contributed by atoms with van der Waals surface area (Å²) in [5.74, 6) is 6.11. The van der Waals surface area contributed by atoms with E-state index in [9.17, 15) is 9.59 Å². The highest BCUT2D eigenvalue weighted by molar-refractivity contribution is 7.14. The Kier molecular flexibility index (Phi) is 6.78. The van der Waals surface area contributed by atoms with Crippen LogP contribution >= 0.6 is 11.3 Å². The van der Waals surface area contributed by atoms with Crippen LogP contribution in [0.15, 0.2) is 22.8 Å². The third-order valence-corrected chi connectivity index (χ3v) is 4.96. The number of hydrogen-bond donors (Lipinski definition) is 2. The second-order valence-electron chi connectivity index (χ2n) is 5.64. The van der Waals surface area contributed by atoms with E-state index in [1.54, 1.807) is 20.2 Å². The zero-order valence-electron chi connectivity index (χ0n) is 14.4. The number of likely N-dealkylation sites (tertiary alicyclic amines) is 1. The van der Waals surface area contributed by atoms with E-state index in [1.165, 1.54) is 17.5 Å². The van der Waals surface area contributed by atoms with Crippen molar-refractivity contribution in [1.29, 1.82) is 0 Å². The van der Waals surface area contributed by atoms with Crippen LogP contribution in [0.5, 0.6) is 0 Å². The molecule has 2 rings (SSSR count). The minimum atomic E-state index is 0.113. The van der Waals surface area contributed by atoms with Crippen molar-refractivity contribution in [3.63, 3.8) is 0 Å². The molecule has 6 nitrogen and oxygen atoms in total. The average Bonchev–Trinajstić information content (AvgIpc) is 3.04. The van der Waals surface area contributed by atoms with Crippen LogP contribution in [0.25, 0.3) is 0 Å². The monoisotopic (exact) mass is 358 g/mol. The van der Waals surface area contributed by atoms with Crippen LogP contribution in [0.3, 0.4) is 0 Å². The van der Waals surface area contributed by atoms with Gasteiger partial charge in [-0.15, -0.1) is 11.3 Å². The van der Waals surface area contributed by atoms with Gasteiger partial charge in [0.15, 0.2) is 6.29 Å². The molecule has 1 aromatic heterocycles. The molecule has 0 aliphatic carbocycles. The predicted molar refractivity (Wildman–Crippen MR) is 102 cm³/mol. The zero-order chi connectivity index (χ0) is 18.2. The van der Waals surface area contributed by atoms with Crippen molar-refractivity contribution in [2.45, 2.75) is 25.8 Å². The number of aliphatic imine (C=N–C) groups is 1. The Morgan fingerprint density at radius 3 is 2.72 bits per heavy atom. The Morgan fingerprint density at radius 2 is 2.20 bits per heavy atom. The number of nitrogens with two attached hydrogens (primary N) is 1. The van der Waals surface area contributed by atoms with Gasteiger partial charge in [0.2, 0.25) is 5.91 Å². The maximum absolute atomic E-state index is 11.3. The fourth-order valence-corrected chi connectivity index (χ4v) is 3.35. The van der Waals surface area contributed by atoms with Gasteiger partial charge in [-0.25, -0.2) is 0 Å². The number of thiophene rings is 1. The molecule has 25 heavy (non-hydrogen) atoms. The van der Waals surface area contributed by atoms with Gasteiger partial charge in [0, 0.05) is 39.5 Å². The van der Waals surface area contributed by atoms with Gasteiger partial charge in [-0.2, -0.15) is 0 Å². The van der Waals surface area contributed by atoms with Crippen molar-refractivity contribution in [3.8, 4) is 11.8 Å². The first-order chi connectivity index (χ1) is 12.1. The molecular weight excluding hydrogens is 336 g/mol. The Bertz CT molecular complexity index is 747. The molecule has 0 radical (unpaired) electrons. The number of rotatable bonds is 4. The van der Waals surface area contributed by atoms with Crippen molar-refractivity contribution in [3.05, 3.63) is 27.6 Å². The fourth-order valence-electron chi connectivity index (χ4n) is 2.52. The van der Waals surface area contributed by atoms with E-state index in [2.05, 4.69) is 22.2 Å². The lowest BCUT2D eigenvalue weighted by Crippen LogP contribution is -2.38. The first-order valence-electron chi connectivity index (χ1n) is 8.06. The van der Waals surface area contributed by atoms with Gasteiger partial charge in [-0.3, -0.25) is 14.6 Å². The van der Waals surface area contributed by atoms with Crippen molar-refractivity contribution in [1.82, 2.24) is 4.90 Å². The molecule has 0 aromatic carbocycles. The molecule has 3 N–H and O–H groups in total. The number of anilines is 1. The number of piperidine rings is 1. The Balaban J connectivity index is 1.99. The number of hydrogen-bond acceptors (Lipinski definition) is 6. The molecule has 2 heterocycles. The number of allylic oxidation sites excluding steroid dienone is 1. The largest absolute Gasteiger partial charge is 0.404 e. The smallest absolute Gasteiger partial charge is 0.219 e. The minimum absolute atomic E-state index is 0.113. The van der Waals surface area contributed by atoms with Gasteiger partial charge in [-0.1, -0.05) is 11.8 Å². The topological polar surface area (TPSA) is 87.8 Å². The Hall–Kier alpha value is -2.59. The van der Waals surface area contributed by atoms with Crippen LogP contribution in [0.1, 0.15) is 34.3 Å². The normalized spacial score (nSPS) is 15.8. The molecule has 132 valence electrons. The quantitative estimate of drug-likeness (QED) is 0.489. The summed E-state index contributed by atoms with van der Waals surface area (Å²) in [4.78, 5) is 30.1. The molecule has 1 fully saturated rings. The first kappa shape index (κ1) is 18.7. The fraction of sp³-hybridized carbons (Fsp3) is 0.389. The van der Waals surface area contributed by atoms with E-state index in [-0.39, 0.29) is 11.9 Å².